The Bertz CT molecular complexity index is 1220. The number of amides is 1. The molecule has 1 amide bonds. The predicted octanol–water partition coefficient (Wildman–Crippen LogP) is 6.85. The first-order valence-corrected chi connectivity index (χ1v) is 12.8. The van der Waals surface area contributed by atoms with Crippen molar-refractivity contribution in [3.05, 3.63) is 91.8 Å². The van der Waals surface area contributed by atoms with Gasteiger partial charge in [0.05, 0.1) is 16.5 Å². The number of methoxy groups -OCH3 is 1. The molecule has 1 fully saturated rings. The molecule has 0 aromatic heterocycles. The van der Waals surface area contributed by atoms with Gasteiger partial charge in [-0.15, -0.1) is 0 Å². The molecule has 1 heterocycles. The summed E-state index contributed by atoms with van der Waals surface area (Å²) in [6, 6.07) is 19.5. The largest absolute Gasteiger partial charge is 0.493 e. The molecule has 3 aromatic carbocycles. The molecule has 3 aromatic rings. The molecular weight excluding hydrogens is 536 g/mol. The maximum Gasteiger partial charge on any atom is 0.260 e. The lowest BCUT2D eigenvalue weighted by Crippen LogP contribution is -2.30. The Morgan fingerprint density at radius 3 is 2.65 bits per heavy atom. The van der Waals surface area contributed by atoms with Crippen molar-refractivity contribution in [2.45, 2.75) is 25.4 Å². The molecule has 0 bridgehead atoms. The Hall–Kier alpha value is -2.61. The zero-order valence-corrected chi connectivity index (χ0v) is 21.9. The van der Waals surface area contributed by atoms with Crippen LogP contribution in [0.2, 0.25) is 5.02 Å². The van der Waals surface area contributed by atoms with Crippen molar-refractivity contribution in [2.75, 3.05) is 12.4 Å². The van der Waals surface area contributed by atoms with E-state index in [0.29, 0.717) is 28.0 Å². The van der Waals surface area contributed by atoms with Gasteiger partial charge >= 0.3 is 0 Å². The van der Waals surface area contributed by atoms with E-state index in [1.807, 2.05) is 54.6 Å². The number of hydrogen-bond donors (Lipinski definition) is 2. The highest BCUT2D eigenvalue weighted by Crippen LogP contribution is 2.39. The number of carbonyl (C=O) groups excluding carboxylic acids is 1. The number of benzene rings is 3. The highest BCUT2D eigenvalue weighted by Gasteiger charge is 2.27. The number of nitrogens with one attached hydrogen (secondary N) is 2. The van der Waals surface area contributed by atoms with E-state index >= 15 is 0 Å². The van der Waals surface area contributed by atoms with Crippen molar-refractivity contribution < 1.29 is 14.3 Å². The smallest absolute Gasteiger partial charge is 0.260 e. The maximum atomic E-state index is 12.6. The van der Waals surface area contributed by atoms with E-state index in [1.54, 1.807) is 7.11 Å². The van der Waals surface area contributed by atoms with Crippen LogP contribution in [0, 0.1) is 0 Å². The van der Waals surface area contributed by atoms with E-state index in [0.717, 1.165) is 27.7 Å². The third-order valence-corrected chi connectivity index (χ3v) is 7.26. The Morgan fingerprint density at radius 2 is 1.94 bits per heavy atom. The third kappa shape index (κ3) is 5.90. The molecule has 0 spiro atoms. The quantitative estimate of drug-likeness (QED) is 0.296. The number of rotatable bonds is 8. The second kappa shape index (κ2) is 11.2. The van der Waals surface area contributed by atoms with Crippen molar-refractivity contribution in [1.29, 1.82) is 0 Å². The number of halogens is 2. The molecule has 176 valence electrons. The van der Waals surface area contributed by atoms with Crippen LogP contribution in [-0.2, 0) is 17.8 Å². The average Bonchev–Trinajstić information content (AvgIpc) is 3.17. The van der Waals surface area contributed by atoms with E-state index in [9.17, 15) is 4.79 Å². The van der Waals surface area contributed by atoms with Crippen LogP contribution < -0.4 is 20.1 Å². The fourth-order valence-corrected chi connectivity index (χ4v) is 5.18. The lowest BCUT2D eigenvalue weighted by atomic mass is 10.1. The summed E-state index contributed by atoms with van der Waals surface area (Å²) in [5.74, 6) is 1.01. The van der Waals surface area contributed by atoms with Crippen LogP contribution in [0.5, 0.6) is 11.5 Å². The zero-order chi connectivity index (χ0) is 24.1. The third-order valence-electron chi connectivity index (χ3n) is 5.27. The molecule has 34 heavy (non-hydrogen) atoms. The number of hydrogen-bond acceptors (Lipinski definition) is 5. The first kappa shape index (κ1) is 24.5. The van der Waals surface area contributed by atoms with E-state index in [-0.39, 0.29) is 11.4 Å². The van der Waals surface area contributed by atoms with E-state index in [4.69, 9.17) is 21.1 Å². The summed E-state index contributed by atoms with van der Waals surface area (Å²) >= 11 is 11.3. The first-order chi connectivity index (χ1) is 16.5. The van der Waals surface area contributed by atoms with Crippen LogP contribution in [0.3, 0.4) is 0 Å². The molecule has 1 aliphatic heterocycles. The van der Waals surface area contributed by atoms with E-state index in [2.05, 4.69) is 45.6 Å². The predicted molar refractivity (Wildman–Crippen MR) is 143 cm³/mol. The van der Waals surface area contributed by atoms with Gasteiger partial charge in [-0.2, -0.15) is 0 Å². The second-order valence-corrected chi connectivity index (χ2v) is 10.00. The molecule has 0 aliphatic carbocycles. The lowest BCUT2D eigenvalue weighted by Gasteiger charge is -2.14. The van der Waals surface area contributed by atoms with Gasteiger partial charge in [-0.05, 0) is 69.9 Å². The normalized spacial score (nSPS) is 16.4. The number of ether oxygens (including phenoxy) is 2. The number of anilines is 1. The Kier molecular flexibility index (Phi) is 8.08. The van der Waals surface area contributed by atoms with Crippen LogP contribution in [0.1, 0.15) is 23.6 Å². The van der Waals surface area contributed by atoms with Crippen LogP contribution in [0.25, 0.3) is 6.08 Å². The van der Waals surface area contributed by atoms with Gasteiger partial charge < -0.3 is 20.1 Å². The molecule has 5 nitrogen and oxygen atoms in total. The number of carbonyl (C=O) groups is 1. The maximum absolute atomic E-state index is 12.6. The van der Waals surface area contributed by atoms with Crippen molar-refractivity contribution in [1.82, 2.24) is 5.32 Å². The van der Waals surface area contributed by atoms with Gasteiger partial charge in [-0.25, -0.2) is 0 Å². The highest BCUT2D eigenvalue weighted by molar-refractivity contribution is 9.10. The summed E-state index contributed by atoms with van der Waals surface area (Å²) < 4.78 is 12.3. The molecule has 1 saturated heterocycles. The fraction of sp³-hybridized carbons (Fsp3) is 0.192. The number of thioether (sulfide) groups is 1. The minimum absolute atomic E-state index is 0.123. The fourth-order valence-electron chi connectivity index (χ4n) is 3.43. The van der Waals surface area contributed by atoms with Crippen molar-refractivity contribution in [3.63, 3.8) is 0 Å². The van der Waals surface area contributed by atoms with Gasteiger partial charge in [0.25, 0.3) is 5.91 Å². The van der Waals surface area contributed by atoms with E-state index in [1.165, 1.54) is 17.3 Å². The van der Waals surface area contributed by atoms with Gasteiger partial charge in [0, 0.05) is 16.3 Å². The average molecular weight is 560 g/mol. The summed E-state index contributed by atoms with van der Waals surface area (Å²) in [5.41, 5.74) is 3.69. The van der Waals surface area contributed by atoms with Crippen molar-refractivity contribution in [3.8, 4) is 11.5 Å². The topological polar surface area (TPSA) is 59.6 Å². The van der Waals surface area contributed by atoms with Crippen LogP contribution >= 0.6 is 39.3 Å². The minimum Gasteiger partial charge on any atom is -0.493 e. The monoisotopic (exact) mass is 558 g/mol. The van der Waals surface area contributed by atoms with Crippen LogP contribution in [0.15, 0.2) is 70.0 Å². The van der Waals surface area contributed by atoms with Crippen molar-refractivity contribution >= 4 is 57.0 Å². The minimum atomic E-state index is -0.241. The number of aryl methyl sites for hydroxylation is 1. The molecule has 1 atom stereocenters. The summed E-state index contributed by atoms with van der Waals surface area (Å²) in [5, 5.41) is 6.95. The molecule has 0 saturated carbocycles. The molecule has 0 unspecified atom stereocenters. The summed E-state index contributed by atoms with van der Waals surface area (Å²) in [6.45, 7) is 2.43. The van der Waals surface area contributed by atoms with Gasteiger partial charge in [0.2, 0.25) is 0 Å². The second-order valence-electron chi connectivity index (χ2n) is 7.59. The molecule has 1 aliphatic rings. The van der Waals surface area contributed by atoms with Gasteiger partial charge in [-0.1, -0.05) is 60.6 Å². The Morgan fingerprint density at radius 1 is 1.18 bits per heavy atom. The lowest BCUT2D eigenvalue weighted by molar-refractivity contribution is -0.116. The summed E-state index contributed by atoms with van der Waals surface area (Å²) in [6.07, 6.45) is 2.83. The molecule has 2 N–H and O–H groups in total. The van der Waals surface area contributed by atoms with Gasteiger partial charge in [0.15, 0.2) is 17.0 Å². The standard InChI is InChI=1S/C26H24BrClN2O3S/c1-3-16-8-10-19(11-9-16)29-26-30-25(31)23(34-26)14-17-12-20(27)24(22(13-17)32-2)33-15-18-6-4-5-7-21(18)28/h4-14,26,29H,3,15H2,1-2H3,(H,30,31)/b23-14+/t26-/m1/s1. The molecule has 4 rings (SSSR count). The summed E-state index contributed by atoms with van der Waals surface area (Å²) in [4.78, 5) is 13.2. The zero-order valence-electron chi connectivity index (χ0n) is 18.7. The molecule has 8 heteroatoms. The van der Waals surface area contributed by atoms with Gasteiger partial charge in [0.1, 0.15) is 6.61 Å². The highest BCUT2D eigenvalue weighted by atomic mass is 79.9. The Balaban J connectivity index is 1.48. The molecular formula is C26H24BrClN2O3S. The first-order valence-electron chi connectivity index (χ1n) is 10.7. The van der Waals surface area contributed by atoms with Crippen LogP contribution in [0.4, 0.5) is 5.69 Å². The summed E-state index contributed by atoms with van der Waals surface area (Å²) in [7, 11) is 1.59. The van der Waals surface area contributed by atoms with Crippen molar-refractivity contribution in [2.24, 2.45) is 0 Å². The SMILES string of the molecule is CCc1ccc(N[C@@H]2NC(=O)/C(=C\c3cc(Br)c(OCc4ccccc4Cl)c(OC)c3)S2)cc1. The van der Waals surface area contributed by atoms with Gasteiger partial charge in [-0.3, -0.25) is 4.79 Å². The van der Waals surface area contributed by atoms with E-state index < -0.39 is 0 Å². The van der Waals surface area contributed by atoms with Crippen LogP contribution in [-0.4, -0.2) is 18.5 Å². The Labute approximate surface area is 217 Å². The molecule has 0 radical (unpaired) electrons.